The molecule has 1 fully saturated rings. The fourth-order valence-electron chi connectivity index (χ4n) is 3.13. The van der Waals surface area contributed by atoms with Crippen molar-refractivity contribution in [3.8, 4) is 0 Å². The summed E-state index contributed by atoms with van der Waals surface area (Å²) in [7, 11) is -2.80. The second kappa shape index (κ2) is 6.90. The summed E-state index contributed by atoms with van der Waals surface area (Å²) in [6.45, 7) is 7.20. The maximum atomic E-state index is 11.5. The standard InChI is InChI=1S/C14H29NO2S/c1-4-15-13(14(3)10-6-7-11-14)9-8-12-18(16,17)5-2/h13,15H,4-12H2,1-3H3. The lowest BCUT2D eigenvalue weighted by Crippen LogP contribution is -2.42. The van der Waals surface area contributed by atoms with E-state index in [2.05, 4.69) is 19.2 Å². The molecule has 1 rings (SSSR count). The molecule has 0 aromatic carbocycles. The van der Waals surface area contributed by atoms with Crippen LogP contribution in [0.2, 0.25) is 0 Å². The van der Waals surface area contributed by atoms with Gasteiger partial charge in [0.05, 0.1) is 5.75 Å². The first-order valence-electron chi connectivity index (χ1n) is 7.37. The molecule has 18 heavy (non-hydrogen) atoms. The molecule has 108 valence electrons. The maximum absolute atomic E-state index is 11.5. The Bertz CT molecular complexity index is 332. The Labute approximate surface area is 113 Å². The molecule has 1 atom stereocenters. The molecule has 0 aromatic rings. The Hall–Kier alpha value is -0.0900. The van der Waals surface area contributed by atoms with Crippen molar-refractivity contribution < 1.29 is 8.42 Å². The molecular formula is C14H29NO2S. The van der Waals surface area contributed by atoms with E-state index >= 15 is 0 Å². The number of hydrogen-bond donors (Lipinski definition) is 1. The first kappa shape index (κ1) is 16.0. The van der Waals surface area contributed by atoms with E-state index in [4.69, 9.17) is 0 Å². The van der Waals surface area contributed by atoms with Crippen LogP contribution in [-0.4, -0.2) is 32.5 Å². The summed E-state index contributed by atoms with van der Waals surface area (Å²) in [6.07, 6.45) is 7.00. The van der Waals surface area contributed by atoms with Gasteiger partial charge in [0.1, 0.15) is 9.84 Å². The van der Waals surface area contributed by atoms with Gasteiger partial charge < -0.3 is 5.32 Å². The second-order valence-corrected chi connectivity index (χ2v) is 8.32. The highest BCUT2D eigenvalue weighted by Crippen LogP contribution is 2.41. The fraction of sp³-hybridized carbons (Fsp3) is 1.00. The van der Waals surface area contributed by atoms with Crippen LogP contribution in [0.25, 0.3) is 0 Å². The molecule has 0 bridgehead atoms. The zero-order chi connectivity index (χ0) is 13.6. The van der Waals surface area contributed by atoms with Crippen LogP contribution >= 0.6 is 0 Å². The van der Waals surface area contributed by atoms with Crippen molar-refractivity contribution >= 4 is 9.84 Å². The van der Waals surface area contributed by atoms with Gasteiger partial charge in [0, 0.05) is 11.8 Å². The van der Waals surface area contributed by atoms with E-state index in [-0.39, 0.29) is 5.75 Å². The van der Waals surface area contributed by atoms with Crippen molar-refractivity contribution in [2.24, 2.45) is 5.41 Å². The predicted octanol–water partition coefficient (Wildman–Crippen LogP) is 2.76. The van der Waals surface area contributed by atoms with E-state index in [1.807, 2.05) is 0 Å². The first-order valence-corrected chi connectivity index (χ1v) is 9.19. The Balaban J connectivity index is 2.48. The maximum Gasteiger partial charge on any atom is 0.150 e. The normalized spacial score (nSPS) is 21.1. The third kappa shape index (κ3) is 4.54. The lowest BCUT2D eigenvalue weighted by atomic mass is 9.78. The van der Waals surface area contributed by atoms with Crippen molar-refractivity contribution in [2.45, 2.75) is 65.3 Å². The molecule has 1 unspecified atom stereocenters. The third-order valence-electron chi connectivity index (χ3n) is 4.43. The molecule has 1 N–H and O–H groups in total. The molecule has 1 saturated carbocycles. The van der Waals surface area contributed by atoms with Crippen LogP contribution in [-0.2, 0) is 9.84 Å². The minimum absolute atomic E-state index is 0.274. The van der Waals surface area contributed by atoms with Crippen LogP contribution in [0, 0.1) is 5.41 Å². The van der Waals surface area contributed by atoms with E-state index in [1.165, 1.54) is 25.7 Å². The molecule has 0 amide bonds. The molecule has 1 aliphatic rings. The quantitative estimate of drug-likeness (QED) is 0.741. The van der Waals surface area contributed by atoms with Crippen LogP contribution < -0.4 is 5.32 Å². The Morgan fingerprint density at radius 1 is 1.22 bits per heavy atom. The van der Waals surface area contributed by atoms with Crippen molar-refractivity contribution in [1.82, 2.24) is 5.32 Å². The topological polar surface area (TPSA) is 46.2 Å². The number of rotatable bonds is 8. The Morgan fingerprint density at radius 2 is 1.83 bits per heavy atom. The molecule has 0 heterocycles. The van der Waals surface area contributed by atoms with Crippen LogP contribution in [0.1, 0.15) is 59.3 Å². The van der Waals surface area contributed by atoms with Gasteiger partial charge >= 0.3 is 0 Å². The van der Waals surface area contributed by atoms with Gasteiger partial charge in [-0.2, -0.15) is 0 Å². The van der Waals surface area contributed by atoms with E-state index in [0.717, 1.165) is 19.4 Å². The highest BCUT2D eigenvalue weighted by Gasteiger charge is 2.36. The monoisotopic (exact) mass is 275 g/mol. The van der Waals surface area contributed by atoms with Crippen LogP contribution in [0.15, 0.2) is 0 Å². The summed E-state index contributed by atoms with van der Waals surface area (Å²) in [4.78, 5) is 0. The Morgan fingerprint density at radius 3 is 2.33 bits per heavy atom. The van der Waals surface area contributed by atoms with E-state index in [0.29, 0.717) is 17.2 Å². The SMILES string of the molecule is CCNC(CCCS(=O)(=O)CC)C1(C)CCCC1. The zero-order valence-corrected chi connectivity index (χ0v) is 13.0. The first-order chi connectivity index (χ1) is 8.43. The minimum atomic E-state index is -2.80. The summed E-state index contributed by atoms with van der Waals surface area (Å²) in [5.74, 6) is 0.623. The molecule has 0 aliphatic heterocycles. The average Bonchev–Trinajstić information content (AvgIpc) is 2.76. The number of hydrogen-bond acceptors (Lipinski definition) is 3. The lowest BCUT2D eigenvalue weighted by Gasteiger charge is -2.35. The van der Waals surface area contributed by atoms with E-state index < -0.39 is 9.84 Å². The summed E-state index contributed by atoms with van der Waals surface area (Å²) in [5, 5.41) is 3.57. The Kier molecular flexibility index (Phi) is 6.12. The lowest BCUT2D eigenvalue weighted by molar-refractivity contribution is 0.211. The van der Waals surface area contributed by atoms with Gasteiger partial charge in [0.15, 0.2) is 0 Å². The van der Waals surface area contributed by atoms with E-state index in [1.54, 1.807) is 6.92 Å². The second-order valence-electron chi connectivity index (χ2n) is 5.85. The van der Waals surface area contributed by atoms with Crippen molar-refractivity contribution in [1.29, 1.82) is 0 Å². The van der Waals surface area contributed by atoms with Gasteiger partial charge in [-0.15, -0.1) is 0 Å². The molecular weight excluding hydrogens is 246 g/mol. The predicted molar refractivity (Wildman–Crippen MR) is 77.6 cm³/mol. The molecule has 1 aliphatic carbocycles. The number of sulfone groups is 1. The van der Waals surface area contributed by atoms with Crippen molar-refractivity contribution in [3.63, 3.8) is 0 Å². The molecule has 3 nitrogen and oxygen atoms in total. The van der Waals surface area contributed by atoms with Crippen LogP contribution in [0.5, 0.6) is 0 Å². The van der Waals surface area contributed by atoms with Gasteiger partial charge in [-0.3, -0.25) is 0 Å². The highest BCUT2D eigenvalue weighted by molar-refractivity contribution is 7.91. The van der Waals surface area contributed by atoms with Crippen LogP contribution in [0.3, 0.4) is 0 Å². The zero-order valence-electron chi connectivity index (χ0n) is 12.2. The average molecular weight is 275 g/mol. The smallest absolute Gasteiger partial charge is 0.150 e. The van der Waals surface area contributed by atoms with Gasteiger partial charge in [-0.1, -0.05) is 33.6 Å². The summed E-state index contributed by atoms with van der Waals surface area (Å²) in [5.41, 5.74) is 0.381. The van der Waals surface area contributed by atoms with E-state index in [9.17, 15) is 8.42 Å². The van der Waals surface area contributed by atoms with Gasteiger partial charge in [-0.25, -0.2) is 8.42 Å². The molecule has 0 aromatic heterocycles. The van der Waals surface area contributed by atoms with Crippen LogP contribution in [0.4, 0.5) is 0 Å². The molecule has 0 saturated heterocycles. The van der Waals surface area contributed by atoms with Crippen molar-refractivity contribution in [3.05, 3.63) is 0 Å². The minimum Gasteiger partial charge on any atom is -0.314 e. The molecule has 4 heteroatoms. The summed E-state index contributed by atoms with van der Waals surface area (Å²) in [6, 6.07) is 0.483. The van der Waals surface area contributed by atoms with Crippen molar-refractivity contribution in [2.75, 3.05) is 18.1 Å². The fourth-order valence-corrected chi connectivity index (χ4v) is 4.02. The highest BCUT2D eigenvalue weighted by atomic mass is 32.2. The molecule has 0 radical (unpaired) electrons. The van der Waals surface area contributed by atoms with Gasteiger partial charge in [-0.05, 0) is 37.6 Å². The molecule has 0 spiro atoms. The van der Waals surface area contributed by atoms with Gasteiger partial charge in [0.25, 0.3) is 0 Å². The number of nitrogens with one attached hydrogen (secondary N) is 1. The summed E-state index contributed by atoms with van der Waals surface area (Å²) >= 11 is 0. The third-order valence-corrected chi connectivity index (χ3v) is 6.22. The summed E-state index contributed by atoms with van der Waals surface area (Å²) < 4.78 is 23.0. The van der Waals surface area contributed by atoms with Gasteiger partial charge in [0.2, 0.25) is 0 Å². The largest absolute Gasteiger partial charge is 0.314 e.